The number of benzene rings is 1. The van der Waals surface area contributed by atoms with Crippen molar-refractivity contribution in [3.8, 4) is 0 Å². The number of carbonyl (C=O) groups is 3. The van der Waals surface area contributed by atoms with Gasteiger partial charge in [-0.05, 0) is 36.5 Å². The van der Waals surface area contributed by atoms with Crippen molar-refractivity contribution in [3.63, 3.8) is 0 Å². The first-order valence-electron chi connectivity index (χ1n) is 9.44. The highest BCUT2D eigenvalue weighted by Crippen LogP contribution is 2.30. The average molecular weight is 424 g/mol. The fraction of sp³-hybridized carbons (Fsp3) is 0.526. The van der Waals surface area contributed by atoms with Crippen LogP contribution in [-0.4, -0.2) is 63.2 Å². The van der Waals surface area contributed by atoms with Crippen LogP contribution in [0.25, 0.3) is 0 Å². The van der Waals surface area contributed by atoms with E-state index in [-0.39, 0.29) is 31.4 Å². The van der Waals surface area contributed by atoms with Crippen LogP contribution in [-0.2, 0) is 41.6 Å². The molecule has 1 aromatic carbocycles. The second kappa shape index (κ2) is 9.02. The molecule has 3 amide bonds. The summed E-state index contributed by atoms with van der Waals surface area (Å²) in [4.78, 5) is 37.8. The minimum Gasteiger partial charge on any atom is -0.379 e. The summed E-state index contributed by atoms with van der Waals surface area (Å²) >= 11 is 0. The molecule has 1 unspecified atom stereocenters. The number of fused-ring (bicyclic) bond motifs is 1. The Morgan fingerprint density at radius 2 is 1.97 bits per heavy atom. The van der Waals surface area contributed by atoms with E-state index < -0.39 is 22.1 Å². The number of carbonyl (C=O) groups excluding carboxylic acids is 3. The Morgan fingerprint density at radius 3 is 2.69 bits per heavy atom. The van der Waals surface area contributed by atoms with Crippen molar-refractivity contribution in [1.82, 2.24) is 10.2 Å². The van der Waals surface area contributed by atoms with Gasteiger partial charge in [0, 0.05) is 25.1 Å². The number of imide groups is 1. The van der Waals surface area contributed by atoms with Crippen molar-refractivity contribution >= 4 is 27.8 Å². The molecule has 158 valence electrons. The number of hydrogen-bond acceptors (Lipinski definition) is 7. The molecular weight excluding hydrogens is 400 g/mol. The van der Waals surface area contributed by atoms with Gasteiger partial charge in [0.1, 0.15) is 6.04 Å². The molecular formula is C19H24N2O7S. The Bertz CT molecular complexity index is 913. The van der Waals surface area contributed by atoms with Crippen molar-refractivity contribution in [2.75, 3.05) is 26.1 Å². The van der Waals surface area contributed by atoms with Gasteiger partial charge in [-0.25, -0.2) is 0 Å². The molecule has 1 atom stereocenters. The Labute approximate surface area is 169 Å². The summed E-state index contributed by atoms with van der Waals surface area (Å²) in [5.74, 6) is -0.919. The molecule has 2 heterocycles. The summed E-state index contributed by atoms with van der Waals surface area (Å²) in [5.41, 5.74) is 2.51. The minimum absolute atomic E-state index is 0.0189. The number of nitrogens with one attached hydrogen (secondary N) is 1. The van der Waals surface area contributed by atoms with Crippen molar-refractivity contribution in [1.29, 1.82) is 0 Å². The van der Waals surface area contributed by atoms with Crippen molar-refractivity contribution in [2.45, 2.75) is 38.3 Å². The third-order valence-electron chi connectivity index (χ3n) is 4.94. The Morgan fingerprint density at radius 1 is 1.17 bits per heavy atom. The van der Waals surface area contributed by atoms with E-state index in [2.05, 4.69) is 9.50 Å². The standard InChI is InChI=1S/C19H24N2O7S/c1-29(25,26)28-11-10-27-9-3-5-13-4-2-6-14-15(13)12-21(19(14)24)16-7-8-17(22)20-18(16)23/h2,4,6,16H,3,5,7-12H2,1H3,(H,20,22,23). The summed E-state index contributed by atoms with van der Waals surface area (Å²) in [6.07, 6.45) is 2.93. The van der Waals surface area contributed by atoms with E-state index in [1.54, 1.807) is 6.07 Å². The quantitative estimate of drug-likeness (QED) is 0.346. The predicted molar refractivity (Wildman–Crippen MR) is 102 cm³/mol. The zero-order valence-electron chi connectivity index (χ0n) is 16.2. The Kier molecular flexibility index (Phi) is 6.66. The van der Waals surface area contributed by atoms with Gasteiger partial charge in [0.15, 0.2) is 0 Å². The molecule has 0 aromatic heterocycles. The summed E-state index contributed by atoms with van der Waals surface area (Å²) in [6, 6.07) is 4.90. The lowest BCUT2D eigenvalue weighted by Crippen LogP contribution is -2.52. The van der Waals surface area contributed by atoms with E-state index in [1.807, 2.05) is 12.1 Å². The lowest BCUT2D eigenvalue weighted by atomic mass is 10.00. The molecule has 1 N–H and O–H groups in total. The van der Waals surface area contributed by atoms with E-state index in [9.17, 15) is 22.8 Å². The number of nitrogens with zero attached hydrogens (tertiary/aromatic N) is 1. The summed E-state index contributed by atoms with van der Waals surface area (Å²) in [6.45, 7) is 0.942. The van der Waals surface area contributed by atoms with Crippen LogP contribution < -0.4 is 5.32 Å². The molecule has 0 radical (unpaired) electrons. The number of amides is 3. The molecule has 0 saturated carbocycles. The monoisotopic (exact) mass is 424 g/mol. The largest absolute Gasteiger partial charge is 0.379 e. The van der Waals surface area contributed by atoms with Crippen LogP contribution in [0.15, 0.2) is 18.2 Å². The second-order valence-corrected chi connectivity index (χ2v) is 8.73. The highest BCUT2D eigenvalue weighted by Gasteiger charge is 2.39. The summed E-state index contributed by atoms with van der Waals surface area (Å²) in [7, 11) is -3.46. The highest BCUT2D eigenvalue weighted by atomic mass is 32.2. The third kappa shape index (κ3) is 5.40. The smallest absolute Gasteiger partial charge is 0.264 e. The van der Waals surface area contributed by atoms with Crippen LogP contribution in [0, 0.1) is 0 Å². The summed E-state index contributed by atoms with van der Waals surface area (Å²) in [5, 5.41) is 2.30. The number of hydrogen-bond donors (Lipinski definition) is 1. The zero-order valence-corrected chi connectivity index (χ0v) is 17.0. The number of ether oxygens (including phenoxy) is 1. The zero-order chi connectivity index (χ0) is 21.0. The van der Waals surface area contributed by atoms with Crippen LogP contribution in [0.4, 0.5) is 0 Å². The maximum Gasteiger partial charge on any atom is 0.264 e. The predicted octanol–water partition coefficient (Wildman–Crippen LogP) is 0.373. The van der Waals surface area contributed by atoms with Gasteiger partial charge in [-0.15, -0.1) is 0 Å². The van der Waals surface area contributed by atoms with Gasteiger partial charge in [0.2, 0.25) is 11.8 Å². The van der Waals surface area contributed by atoms with E-state index in [0.29, 0.717) is 38.0 Å². The van der Waals surface area contributed by atoms with Gasteiger partial charge >= 0.3 is 0 Å². The maximum absolute atomic E-state index is 12.8. The van der Waals surface area contributed by atoms with Gasteiger partial charge in [-0.2, -0.15) is 8.42 Å². The normalized spacial score (nSPS) is 19.4. The van der Waals surface area contributed by atoms with Gasteiger partial charge < -0.3 is 9.64 Å². The first-order chi connectivity index (χ1) is 13.8. The molecule has 1 fully saturated rings. The number of rotatable bonds is 9. The van der Waals surface area contributed by atoms with Gasteiger partial charge in [-0.3, -0.25) is 23.9 Å². The molecule has 10 heteroatoms. The topological polar surface area (TPSA) is 119 Å². The van der Waals surface area contributed by atoms with E-state index in [4.69, 9.17) is 4.74 Å². The van der Waals surface area contributed by atoms with Gasteiger partial charge in [-0.1, -0.05) is 12.1 Å². The molecule has 3 rings (SSSR count). The Balaban J connectivity index is 1.54. The van der Waals surface area contributed by atoms with Crippen LogP contribution in [0.1, 0.15) is 40.7 Å². The van der Waals surface area contributed by atoms with Gasteiger partial charge in [0.05, 0.1) is 19.5 Å². The average Bonchev–Trinajstić information content (AvgIpc) is 2.97. The fourth-order valence-electron chi connectivity index (χ4n) is 3.60. The molecule has 9 nitrogen and oxygen atoms in total. The lowest BCUT2D eigenvalue weighted by molar-refractivity contribution is -0.136. The van der Waals surface area contributed by atoms with E-state index in [0.717, 1.165) is 17.4 Å². The third-order valence-corrected chi connectivity index (χ3v) is 5.53. The van der Waals surface area contributed by atoms with Crippen LogP contribution in [0.3, 0.4) is 0 Å². The second-order valence-electron chi connectivity index (χ2n) is 7.09. The Hall–Kier alpha value is -2.30. The van der Waals surface area contributed by atoms with Crippen LogP contribution in [0.5, 0.6) is 0 Å². The minimum atomic E-state index is -3.46. The molecule has 1 saturated heterocycles. The lowest BCUT2D eigenvalue weighted by Gasteiger charge is -2.29. The molecule has 29 heavy (non-hydrogen) atoms. The maximum atomic E-state index is 12.8. The van der Waals surface area contributed by atoms with Gasteiger partial charge in [0.25, 0.3) is 16.0 Å². The molecule has 1 aromatic rings. The summed E-state index contributed by atoms with van der Waals surface area (Å²) < 4.78 is 31.7. The van der Waals surface area contributed by atoms with Crippen molar-refractivity contribution < 1.29 is 31.7 Å². The van der Waals surface area contributed by atoms with Crippen LogP contribution >= 0.6 is 0 Å². The van der Waals surface area contributed by atoms with Crippen molar-refractivity contribution in [2.24, 2.45) is 0 Å². The fourth-order valence-corrected chi connectivity index (χ4v) is 3.97. The van der Waals surface area contributed by atoms with E-state index >= 15 is 0 Å². The first-order valence-corrected chi connectivity index (χ1v) is 11.3. The van der Waals surface area contributed by atoms with Crippen LogP contribution in [0.2, 0.25) is 0 Å². The molecule has 0 bridgehead atoms. The molecule has 0 spiro atoms. The highest BCUT2D eigenvalue weighted by molar-refractivity contribution is 7.85. The molecule has 2 aliphatic heterocycles. The van der Waals surface area contributed by atoms with E-state index in [1.165, 1.54) is 4.90 Å². The first kappa shape index (κ1) is 21.4. The number of aryl methyl sites for hydroxylation is 1. The number of piperidine rings is 1. The SMILES string of the molecule is CS(=O)(=O)OCCOCCCc1cccc2c1CN(C1CCC(=O)NC1=O)C2=O. The van der Waals surface area contributed by atoms with Crippen molar-refractivity contribution in [3.05, 3.63) is 34.9 Å². The molecule has 2 aliphatic rings. The molecule has 0 aliphatic carbocycles.